The number of carboxylic acids is 1. The van der Waals surface area contributed by atoms with Gasteiger partial charge in [-0.3, -0.25) is 86.3 Å². The summed E-state index contributed by atoms with van der Waals surface area (Å²) in [6.45, 7) is 3.46. The molecule has 17 amide bonds. The lowest BCUT2D eigenvalue weighted by Gasteiger charge is -2.36. The van der Waals surface area contributed by atoms with E-state index in [0.29, 0.717) is 64.2 Å². The Labute approximate surface area is 813 Å². The van der Waals surface area contributed by atoms with Crippen LogP contribution in [0.5, 0.6) is 5.75 Å². The van der Waals surface area contributed by atoms with E-state index in [1.807, 2.05) is 26.0 Å². The van der Waals surface area contributed by atoms with Crippen LogP contribution >= 0.6 is 11.8 Å². The van der Waals surface area contributed by atoms with Gasteiger partial charge in [0.1, 0.15) is 90.3 Å². The number of nitrogens with zero attached hydrogens (tertiary/aromatic N) is 6. The number of fused-ring (bicyclic) bond motifs is 4. The third-order valence-electron chi connectivity index (χ3n) is 25.5. The van der Waals surface area contributed by atoms with Gasteiger partial charge in [-0.15, -0.1) is 11.8 Å². The first-order chi connectivity index (χ1) is 67.0. The number of rotatable bonds is 28. The van der Waals surface area contributed by atoms with Crippen LogP contribution in [0, 0.1) is 5.92 Å². The van der Waals surface area contributed by atoms with E-state index in [2.05, 4.69) is 73.1 Å². The van der Waals surface area contributed by atoms with Crippen LogP contribution in [0.15, 0.2) is 128 Å². The lowest BCUT2D eigenvalue weighted by atomic mass is 9.96. The van der Waals surface area contributed by atoms with Gasteiger partial charge in [-0.1, -0.05) is 118 Å². The Morgan fingerprint density at radius 3 is 1.60 bits per heavy atom. The second-order valence-corrected chi connectivity index (χ2v) is 36.7. The highest BCUT2D eigenvalue weighted by Crippen LogP contribution is 2.31. The van der Waals surface area contributed by atoms with E-state index < -0.39 is 241 Å². The lowest BCUT2D eigenvalue weighted by molar-refractivity contribution is -0.149. The van der Waals surface area contributed by atoms with Crippen molar-refractivity contribution in [1.82, 2.24) is 97.6 Å². The number of carbonyl (C=O) groups excluding carboxylic acids is 17. The average molecular weight is 1960 g/mol. The summed E-state index contributed by atoms with van der Waals surface area (Å²) in [6.07, 6.45) is 4.18. The van der Waals surface area contributed by atoms with Crippen LogP contribution in [0.1, 0.15) is 139 Å². The van der Waals surface area contributed by atoms with Crippen LogP contribution in [-0.2, 0) is 118 Å². The summed E-state index contributed by atoms with van der Waals surface area (Å²) in [4.78, 5) is 284. The molecule has 4 aromatic carbocycles. The minimum absolute atomic E-state index is 0.00612. The number of carbonyl (C=O) groups is 18. The monoisotopic (exact) mass is 1960 g/mol. The highest BCUT2D eigenvalue weighted by atomic mass is 32.2. The van der Waals surface area contributed by atoms with Crippen molar-refractivity contribution in [3.63, 3.8) is 0 Å². The van der Waals surface area contributed by atoms with Gasteiger partial charge in [0, 0.05) is 112 Å². The maximum atomic E-state index is 15.9. The molecule has 10 rings (SSSR count). The summed E-state index contributed by atoms with van der Waals surface area (Å²) in [5, 5.41) is 48.6. The summed E-state index contributed by atoms with van der Waals surface area (Å²) < 4.78 is 0. The molecule has 0 saturated carbocycles. The third-order valence-corrected chi connectivity index (χ3v) is 26.5. The van der Waals surface area contributed by atoms with Gasteiger partial charge < -0.3 is 126 Å². The first-order valence-electron chi connectivity index (χ1n) is 47.1. The molecule has 7 aromatic rings. The number of amides is 17. The molecule has 3 aliphatic heterocycles. The Balaban J connectivity index is 1.04. The molecule has 44 heteroatoms. The number of nitrogens with one attached hydrogen (secondary N) is 13. The molecule has 3 aromatic heterocycles. The molecule has 0 aliphatic carbocycles. The first kappa shape index (κ1) is 108. The molecule has 3 aliphatic rings. The van der Waals surface area contributed by atoms with Crippen molar-refractivity contribution in [2.45, 2.75) is 227 Å². The van der Waals surface area contributed by atoms with E-state index in [4.69, 9.17) is 22.9 Å². The van der Waals surface area contributed by atoms with E-state index in [-0.39, 0.29) is 108 Å². The summed E-state index contributed by atoms with van der Waals surface area (Å²) in [5.41, 5.74) is 27.4. The fourth-order valence-corrected chi connectivity index (χ4v) is 18.6. The summed E-state index contributed by atoms with van der Waals surface area (Å²) in [5.74, 6) is -18.9. The second kappa shape index (κ2) is 51.9. The molecule has 23 N–H and O–H groups in total. The minimum atomic E-state index is -1.81. The van der Waals surface area contributed by atoms with E-state index in [1.54, 1.807) is 79.1 Å². The zero-order chi connectivity index (χ0) is 102. The minimum Gasteiger partial charge on any atom is -0.508 e. The molecule has 0 bridgehead atoms. The maximum absolute atomic E-state index is 15.9. The number of benzene rings is 4. The van der Waals surface area contributed by atoms with Crippen molar-refractivity contribution in [1.29, 1.82) is 0 Å². The molecule has 754 valence electrons. The van der Waals surface area contributed by atoms with Crippen molar-refractivity contribution >= 4 is 140 Å². The molecule has 140 heavy (non-hydrogen) atoms. The lowest BCUT2D eigenvalue weighted by Crippen LogP contribution is -2.61. The quantitative estimate of drug-likeness (QED) is 0.0275. The first-order valence-corrected chi connectivity index (χ1v) is 48.2. The number of imidazole rings is 1. The standard InChI is InChI=1S/C96H129N23O20S/c1-7-9-25-75-89(132)108-67(35-37-98)86(129)114-74(84(127)104-49-80(100)122)51-140-52-81(123)106-71(40-56-28-30-61(120)31-29-56)92(135)115(4)54(3)83(126)112-73(45-79(99)121)95(138)118-38-18-27-76(118)90(133)111-70(44-60-48-101-53-105-60)88(131)109-68(32-33-82(124)125)94(137)119-50-57(39-55-19-12-11-13-20-55)41-78(119)91(134)110-69(42-58-46-102-64-23-16-14-21-62(58)64)87(130)107-66(34-36-97)85(128)113-72(43-59-47-103-65-24-17-15-22-63(59)65)93(136)117(6)77(26-10-8-2)96(139)116(75)5/h11-17,19-24,28-31,46-48,53-54,57,66-78,102-103,120H,7-10,18,25-27,32-45,49-52,97-98H2,1-6H3,(H2,99,121)(H2,100,122)(H,101,105)(H,104,127)(H,106,123)(H,107,130)(H,108,132)(H,109,131)(H,110,134)(H,111,133)(H,112,126)(H,113,128)(H,114,129)(H,124,125)/t54-,57+,66-,67-,68-,69-,70-,71-,72-,73-,74-,75-,76-,77-,78-/m0/s1. The van der Waals surface area contributed by atoms with Gasteiger partial charge in [0.15, 0.2) is 0 Å². The molecular weight excluding hydrogens is 1830 g/mol. The number of phenolic OH excluding ortho intramolecular Hbond substituents is 1. The number of unbranched alkanes of at least 4 members (excludes halogenated alkanes) is 2. The number of hydrogen-bond acceptors (Lipinski definition) is 23. The SMILES string of the molecule is CCCC[C@H]1C(=O)N(C)[C@@H](CCCC)C(=O)N[C@@H](CCN)C(=O)N[C@H](C(=O)NCC(N)=O)CSCC(=O)N[C@@H](Cc2ccc(O)cc2)C(=O)N(C)[C@@H](C)C(=O)N[C@@H](CC(N)=O)C(=O)N2CCC[C@H]2C(=O)N[C@@H](Cc2c[nH]cn2)C(=O)N[C@@H](CCC(=O)O)C(=O)N2C[C@H](Cc3ccccc3)C[C@H]2C(=O)N[C@@H](Cc2c[nH]c3ccccc23)C(=O)N[C@@H](CCN)C(=O)N[C@@H](Cc2c[nH]c3ccccc23)C(=O)N1C. The Kier molecular flexibility index (Phi) is 40.0. The van der Waals surface area contributed by atoms with E-state index in [9.17, 15) is 48.6 Å². The molecule has 0 spiro atoms. The van der Waals surface area contributed by atoms with Gasteiger partial charge in [0.05, 0.1) is 30.7 Å². The molecule has 3 saturated heterocycles. The molecule has 15 atom stereocenters. The number of aromatic amines is 3. The zero-order valence-corrected chi connectivity index (χ0v) is 80.1. The number of hydrogen-bond donors (Lipinski definition) is 19. The van der Waals surface area contributed by atoms with Gasteiger partial charge in [-0.2, -0.15) is 0 Å². The van der Waals surface area contributed by atoms with Crippen molar-refractivity contribution in [2.75, 3.05) is 65.4 Å². The van der Waals surface area contributed by atoms with Gasteiger partial charge in [0.2, 0.25) is 100 Å². The molecule has 0 unspecified atom stereocenters. The number of primary amides is 2. The van der Waals surface area contributed by atoms with Crippen molar-refractivity contribution in [3.05, 3.63) is 156 Å². The normalized spacial score (nSPS) is 24.3. The summed E-state index contributed by atoms with van der Waals surface area (Å²) in [7, 11) is 3.96. The number of phenols is 1. The number of aromatic hydroxyl groups is 1. The topological polar surface area (TPSA) is 649 Å². The zero-order valence-electron chi connectivity index (χ0n) is 79.3. The molecule has 0 radical (unpaired) electrons. The maximum Gasteiger partial charge on any atom is 0.303 e. The van der Waals surface area contributed by atoms with Crippen molar-refractivity contribution in [3.8, 4) is 5.75 Å². The van der Waals surface area contributed by atoms with E-state index in [0.717, 1.165) is 27.1 Å². The third kappa shape index (κ3) is 29.6. The number of para-hydroxylation sites is 2. The average Bonchev–Trinajstić information content (AvgIpc) is 1.73. The largest absolute Gasteiger partial charge is 0.508 e. The van der Waals surface area contributed by atoms with Crippen LogP contribution in [-0.4, -0.2) is 311 Å². The Morgan fingerprint density at radius 1 is 0.493 bits per heavy atom. The number of likely N-dealkylation sites (N-methyl/N-ethyl adjacent to an activating group) is 3. The fraction of sp³-hybridized carbons (Fsp3) is 0.490. The van der Waals surface area contributed by atoms with E-state index in [1.165, 1.54) is 79.6 Å². The Bertz CT molecular complexity index is 5550. The number of aromatic nitrogens is 4. The highest BCUT2D eigenvalue weighted by molar-refractivity contribution is 8.00. The highest BCUT2D eigenvalue weighted by Gasteiger charge is 2.47. The smallest absolute Gasteiger partial charge is 0.303 e. The van der Waals surface area contributed by atoms with Crippen LogP contribution in [0.25, 0.3) is 21.8 Å². The van der Waals surface area contributed by atoms with E-state index >= 15 is 47.9 Å². The Hall–Kier alpha value is -14.3. The predicted octanol–water partition coefficient (Wildman–Crippen LogP) is -1.17. The van der Waals surface area contributed by atoms with Crippen LogP contribution in [0.3, 0.4) is 0 Å². The van der Waals surface area contributed by atoms with Crippen LogP contribution in [0.4, 0.5) is 0 Å². The van der Waals surface area contributed by atoms with Gasteiger partial charge in [0.25, 0.3) is 0 Å². The molecular formula is C96H129N23O20S. The summed E-state index contributed by atoms with van der Waals surface area (Å²) >= 11 is 0.768. The van der Waals surface area contributed by atoms with Gasteiger partial charge in [-0.25, -0.2) is 4.98 Å². The van der Waals surface area contributed by atoms with Crippen molar-refractivity contribution < 1.29 is 96.5 Å². The van der Waals surface area contributed by atoms with Gasteiger partial charge >= 0.3 is 5.97 Å². The molecule has 6 heterocycles. The number of H-pyrrole nitrogens is 3. The van der Waals surface area contributed by atoms with Crippen LogP contribution in [0.2, 0.25) is 0 Å². The number of carboxylic acid groups (broad SMARTS) is 1. The van der Waals surface area contributed by atoms with Crippen molar-refractivity contribution in [2.24, 2.45) is 28.9 Å². The number of aliphatic carboxylic acids is 1. The Morgan fingerprint density at radius 2 is 1.01 bits per heavy atom. The number of thioether (sulfide) groups is 1. The molecule has 3 fully saturated rings. The fourth-order valence-electron chi connectivity index (χ4n) is 17.7. The predicted molar refractivity (Wildman–Crippen MR) is 516 cm³/mol. The van der Waals surface area contributed by atoms with Crippen LogP contribution < -0.4 is 76.1 Å². The van der Waals surface area contributed by atoms with Gasteiger partial charge in [-0.05, 0) is 130 Å². The number of nitrogens with two attached hydrogens (primary N) is 4. The molecule has 43 nitrogen and oxygen atoms in total. The second-order valence-electron chi connectivity index (χ2n) is 35.7. The summed E-state index contributed by atoms with van der Waals surface area (Å²) in [6, 6.07) is 7.19.